The first-order valence-electron chi connectivity index (χ1n) is 8.40. The van der Waals surface area contributed by atoms with Crippen molar-refractivity contribution in [3.8, 4) is 0 Å². The Hall–Kier alpha value is -0.900. The smallest absolute Gasteiger partial charge is 0.0237 e. The van der Waals surface area contributed by atoms with Crippen LogP contribution in [0.15, 0.2) is 24.3 Å². The van der Waals surface area contributed by atoms with Crippen LogP contribution in [0.2, 0.25) is 0 Å². The van der Waals surface area contributed by atoms with Crippen LogP contribution in [0.5, 0.6) is 0 Å². The Morgan fingerprint density at radius 3 is 2.86 bits per heavy atom. The molecule has 0 saturated carbocycles. The van der Waals surface area contributed by atoms with Gasteiger partial charge in [0.05, 0.1) is 0 Å². The van der Waals surface area contributed by atoms with Crippen LogP contribution >= 0.6 is 0 Å². The van der Waals surface area contributed by atoms with Crippen molar-refractivity contribution in [2.45, 2.75) is 45.8 Å². The number of nitrogens with one attached hydrogen (secondary N) is 1. The molecule has 1 fully saturated rings. The van der Waals surface area contributed by atoms with Gasteiger partial charge in [-0.05, 0) is 51.0 Å². The number of hydrogen-bond donors (Lipinski definition) is 1. The molecule has 0 radical (unpaired) electrons. The van der Waals surface area contributed by atoms with Crippen molar-refractivity contribution < 1.29 is 0 Å². The molecule has 1 aliphatic heterocycles. The average Bonchev–Trinajstić information content (AvgIpc) is 2.61. The molecule has 1 aromatic carbocycles. The lowest BCUT2D eigenvalue weighted by Gasteiger charge is -2.28. The van der Waals surface area contributed by atoms with E-state index in [0.717, 1.165) is 19.6 Å². The molecule has 1 atom stereocenters. The zero-order chi connectivity index (χ0) is 15.1. The maximum absolute atomic E-state index is 3.49. The summed E-state index contributed by atoms with van der Waals surface area (Å²) in [6.45, 7) is 11.3. The van der Waals surface area contributed by atoms with Crippen LogP contribution in [0, 0.1) is 0 Å². The standard InChI is InChI=1S/C18H31N3/c1-4-9-19-13-17-7-5-8-18(12-17)15-21-11-6-10-20(3)14-16(21)2/h5,7-8,12,16,19H,4,6,9-11,13-15H2,1-3H3. The van der Waals surface area contributed by atoms with Gasteiger partial charge >= 0.3 is 0 Å². The number of likely N-dealkylation sites (N-methyl/N-ethyl adjacent to an activating group) is 1. The molecule has 2 rings (SSSR count). The Kier molecular flexibility index (Phi) is 6.68. The Labute approximate surface area is 130 Å². The first-order valence-corrected chi connectivity index (χ1v) is 8.40. The van der Waals surface area contributed by atoms with Gasteiger partial charge < -0.3 is 10.2 Å². The van der Waals surface area contributed by atoms with Crippen LogP contribution in [0.1, 0.15) is 37.8 Å². The highest BCUT2D eigenvalue weighted by Gasteiger charge is 2.19. The lowest BCUT2D eigenvalue weighted by atomic mass is 10.1. The van der Waals surface area contributed by atoms with Gasteiger partial charge in [0.2, 0.25) is 0 Å². The lowest BCUT2D eigenvalue weighted by Crippen LogP contribution is -2.37. The average molecular weight is 289 g/mol. The van der Waals surface area contributed by atoms with Crippen molar-refractivity contribution >= 4 is 0 Å². The Morgan fingerprint density at radius 1 is 1.24 bits per heavy atom. The van der Waals surface area contributed by atoms with Gasteiger partial charge in [-0.25, -0.2) is 0 Å². The molecule has 1 saturated heterocycles. The Bertz CT molecular complexity index is 419. The van der Waals surface area contributed by atoms with Gasteiger partial charge in [-0.2, -0.15) is 0 Å². The maximum Gasteiger partial charge on any atom is 0.0237 e. The molecule has 0 aromatic heterocycles. The third-order valence-electron chi connectivity index (χ3n) is 4.32. The van der Waals surface area contributed by atoms with Gasteiger partial charge in [0.25, 0.3) is 0 Å². The van der Waals surface area contributed by atoms with Crippen molar-refractivity contribution in [1.29, 1.82) is 0 Å². The summed E-state index contributed by atoms with van der Waals surface area (Å²) >= 11 is 0. The maximum atomic E-state index is 3.49. The first kappa shape index (κ1) is 16.5. The van der Waals surface area contributed by atoms with E-state index in [-0.39, 0.29) is 0 Å². The van der Waals surface area contributed by atoms with Gasteiger partial charge in [0, 0.05) is 32.2 Å². The van der Waals surface area contributed by atoms with E-state index in [4.69, 9.17) is 0 Å². The van der Waals surface area contributed by atoms with Crippen LogP contribution in [0.25, 0.3) is 0 Å². The highest BCUT2D eigenvalue weighted by Crippen LogP contribution is 2.14. The van der Waals surface area contributed by atoms with E-state index in [9.17, 15) is 0 Å². The van der Waals surface area contributed by atoms with Crippen molar-refractivity contribution in [2.24, 2.45) is 0 Å². The van der Waals surface area contributed by atoms with Crippen molar-refractivity contribution in [3.05, 3.63) is 35.4 Å². The minimum atomic E-state index is 0.638. The van der Waals surface area contributed by atoms with Gasteiger partial charge in [-0.15, -0.1) is 0 Å². The normalized spacial score (nSPS) is 21.4. The Balaban J connectivity index is 1.93. The number of rotatable bonds is 6. The summed E-state index contributed by atoms with van der Waals surface area (Å²) in [4.78, 5) is 5.08. The quantitative estimate of drug-likeness (QED) is 0.812. The third-order valence-corrected chi connectivity index (χ3v) is 4.32. The molecule has 118 valence electrons. The molecule has 0 aliphatic carbocycles. The van der Waals surface area contributed by atoms with E-state index < -0.39 is 0 Å². The molecular formula is C18H31N3. The minimum Gasteiger partial charge on any atom is -0.313 e. The van der Waals surface area contributed by atoms with E-state index in [1.807, 2.05) is 0 Å². The molecular weight excluding hydrogens is 258 g/mol. The summed E-state index contributed by atoms with van der Waals surface area (Å²) in [7, 11) is 2.24. The fourth-order valence-electron chi connectivity index (χ4n) is 3.14. The monoisotopic (exact) mass is 289 g/mol. The molecule has 3 nitrogen and oxygen atoms in total. The second-order valence-corrected chi connectivity index (χ2v) is 6.43. The SMILES string of the molecule is CCCNCc1cccc(CN2CCCN(C)CC2C)c1. The van der Waals surface area contributed by atoms with Crippen LogP contribution in [0.3, 0.4) is 0 Å². The number of hydrogen-bond acceptors (Lipinski definition) is 3. The molecule has 1 aromatic rings. The van der Waals surface area contributed by atoms with Crippen LogP contribution in [-0.4, -0.2) is 49.1 Å². The summed E-state index contributed by atoms with van der Waals surface area (Å²) in [5.41, 5.74) is 2.85. The number of nitrogens with zero attached hydrogens (tertiary/aromatic N) is 2. The highest BCUT2D eigenvalue weighted by atomic mass is 15.2. The summed E-state index contributed by atoms with van der Waals surface area (Å²) in [6, 6.07) is 9.70. The van der Waals surface area contributed by atoms with Gasteiger partial charge in [0.15, 0.2) is 0 Å². The topological polar surface area (TPSA) is 18.5 Å². The van der Waals surface area contributed by atoms with Gasteiger partial charge in [0.1, 0.15) is 0 Å². The van der Waals surface area contributed by atoms with Gasteiger partial charge in [-0.1, -0.05) is 31.2 Å². The van der Waals surface area contributed by atoms with Crippen LogP contribution in [0.4, 0.5) is 0 Å². The largest absolute Gasteiger partial charge is 0.313 e. The van der Waals surface area contributed by atoms with E-state index in [2.05, 4.69) is 60.3 Å². The fraction of sp³-hybridized carbons (Fsp3) is 0.667. The molecule has 3 heteroatoms. The zero-order valence-electron chi connectivity index (χ0n) is 13.9. The second kappa shape index (κ2) is 8.52. The van der Waals surface area contributed by atoms with E-state index in [1.54, 1.807) is 0 Å². The first-order chi connectivity index (χ1) is 10.2. The molecule has 0 amide bonds. The predicted octanol–water partition coefficient (Wildman–Crippen LogP) is 2.71. The molecule has 21 heavy (non-hydrogen) atoms. The minimum absolute atomic E-state index is 0.638. The van der Waals surface area contributed by atoms with E-state index >= 15 is 0 Å². The molecule has 1 N–H and O–H groups in total. The lowest BCUT2D eigenvalue weighted by molar-refractivity contribution is 0.194. The van der Waals surface area contributed by atoms with E-state index in [1.165, 1.54) is 43.6 Å². The zero-order valence-corrected chi connectivity index (χ0v) is 13.9. The summed E-state index contributed by atoms with van der Waals surface area (Å²) < 4.78 is 0. The molecule has 1 heterocycles. The Morgan fingerprint density at radius 2 is 2.05 bits per heavy atom. The van der Waals surface area contributed by atoms with E-state index in [0.29, 0.717) is 6.04 Å². The van der Waals surface area contributed by atoms with Crippen LogP contribution < -0.4 is 5.32 Å². The van der Waals surface area contributed by atoms with Crippen molar-refractivity contribution in [2.75, 3.05) is 33.2 Å². The highest BCUT2D eigenvalue weighted by molar-refractivity contribution is 5.23. The predicted molar refractivity (Wildman–Crippen MR) is 90.4 cm³/mol. The molecule has 1 aliphatic rings. The third kappa shape index (κ3) is 5.42. The molecule has 0 spiro atoms. The molecule has 0 bridgehead atoms. The van der Waals surface area contributed by atoms with Crippen molar-refractivity contribution in [1.82, 2.24) is 15.1 Å². The van der Waals surface area contributed by atoms with Crippen LogP contribution in [-0.2, 0) is 13.1 Å². The fourth-order valence-corrected chi connectivity index (χ4v) is 3.14. The summed E-state index contributed by atoms with van der Waals surface area (Å²) in [5.74, 6) is 0. The summed E-state index contributed by atoms with van der Waals surface area (Å²) in [6.07, 6.45) is 2.47. The van der Waals surface area contributed by atoms with Gasteiger partial charge in [-0.3, -0.25) is 4.90 Å². The number of benzene rings is 1. The molecule has 1 unspecified atom stereocenters. The summed E-state index contributed by atoms with van der Waals surface area (Å²) in [5, 5.41) is 3.49. The second-order valence-electron chi connectivity index (χ2n) is 6.43. The van der Waals surface area contributed by atoms with Crippen molar-refractivity contribution in [3.63, 3.8) is 0 Å².